The molecule has 4 heteroatoms. The van der Waals surface area contributed by atoms with Gasteiger partial charge >= 0.3 is 0 Å². The van der Waals surface area contributed by atoms with Crippen molar-refractivity contribution in [1.29, 1.82) is 0 Å². The van der Waals surface area contributed by atoms with E-state index in [0.717, 1.165) is 32.4 Å². The van der Waals surface area contributed by atoms with Crippen LogP contribution in [-0.4, -0.2) is 49.1 Å². The van der Waals surface area contributed by atoms with Crippen molar-refractivity contribution in [2.24, 2.45) is 11.7 Å². The molecular formula is C17H38N2O2. The van der Waals surface area contributed by atoms with Crippen LogP contribution >= 0.6 is 0 Å². The normalized spacial score (nSPS) is 17.5. The van der Waals surface area contributed by atoms with Crippen molar-refractivity contribution >= 4 is 5.78 Å². The fourth-order valence-electron chi connectivity index (χ4n) is 2.64. The average molecular weight is 303 g/mol. The van der Waals surface area contributed by atoms with Gasteiger partial charge in [0.25, 0.3) is 0 Å². The highest BCUT2D eigenvalue weighted by molar-refractivity contribution is 5.75. The lowest BCUT2D eigenvalue weighted by Gasteiger charge is -2.15. The Morgan fingerprint density at radius 2 is 1.86 bits per heavy atom. The summed E-state index contributed by atoms with van der Waals surface area (Å²) in [7, 11) is 1.00. The Labute approximate surface area is 132 Å². The lowest BCUT2D eigenvalue weighted by Crippen LogP contribution is -2.22. The van der Waals surface area contributed by atoms with Crippen LogP contribution in [0.1, 0.15) is 65.7 Å². The lowest BCUT2D eigenvalue weighted by molar-refractivity contribution is -0.117. The van der Waals surface area contributed by atoms with E-state index in [0.29, 0.717) is 5.78 Å². The summed E-state index contributed by atoms with van der Waals surface area (Å²) < 4.78 is 0. The monoisotopic (exact) mass is 302 g/mol. The molecule has 1 aliphatic heterocycles. The molecular weight excluding hydrogens is 264 g/mol. The van der Waals surface area contributed by atoms with E-state index in [9.17, 15) is 4.79 Å². The van der Waals surface area contributed by atoms with Crippen LogP contribution in [0.2, 0.25) is 0 Å². The molecule has 1 fully saturated rings. The van der Waals surface area contributed by atoms with Gasteiger partial charge in [0.05, 0.1) is 0 Å². The molecule has 1 heterocycles. The number of nitrogens with two attached hydrogens (primary N) is 1. The molecule has 0 radical (unpaired) electrons. The van der Waals surface area contributed by atoms with E-state index in [1.165, 1.54) is 51.7 Å². The number of unbranched alkanes of at least 4 members (excludes halogenated alkanes) is 2. The molecule has 0 bridgehead atoms. The van der Waals surface area contributed by atoms with Gasteiger partial charge in [-0.2, -0.15) is 0 Å². The predicted octanol–water partition coefficient (Wildman–Crippen LogP) is 2.83. The fourth-order valence-corrected chi connectivity index (χ4v) is 2.64. The summed E-state index contributed by atoms with van der Waals surface area (Å²) >= 11 is 0. The first-order valence-electron chi connectivity index (χ1n) is 8.59. The Hall–Kier alpha value is -0.450. The highest BCUT2D eigenvalue weighted by Gasteiger charge is 2.20. The summed E-state index contributed by atoms with van der Waals surface area (Å²) in [5, 5.41) is 7.00. The number of carbonyl (C=O) groups is 1. The van der Waals surface area contributed by atoms with E-state index < -0.39 is 0 Å². The van der Waals surface area contributed by atoms with Crippen LogP contribution in [0.15, 0.2) is 0 Å². The standard InChI is InChI=1S/C14H28N2O.C2H6.CH4O/c1-13(17)6-3-2-4-10-16-11-8-14(12-16)7-5-9-15;2*1-2/h14H,2-12,15H2,1H3;1-2H3;2H,1H3. The van der Waals surface area contributed by atoms with Crippen molar-refractivity contribution in [3.05, 3.63) is 0 Å². The first-order chi connectivity index (χ1) is 10.2. The average Bonchev–Trinajstić information content (AvgIpc) is 2.96. The molecule has 0 saturated carbocycles. The van der Waals surface area contributed by atoms with Gasteiger partial charge in [0, 0.05) is 20.1 Å². The second kappa shape index (κ2) is 17.6. The third-order valence-electron chi connectivity index (χ3n) is 3.69. The number of aliphatic hydroxyl groups excluding tert-OH is 1. The third kappa shape index (κ3) is 14.3. The highest BCUT2D eigenvalue weighted by atomic mass is 16.2. The topological polar surface area (TPSA) is 66.6 Å². The summed E-state index contributed by atoms with van der Waals surface area (Å²) in [6.45, 7) is 10.3. The molecule has 1 rings (SSSR count). The van der Waals surface area contributed by atoms with Gasteiger partial charge in [0.2, 0.25) is 0 Å². The number of hydrogen-bond acceptors (Lipinski definition) is 4. The molecule has 0 aromatic heterocycles. The molecule has 0 amide bonds. The van der Waals surface area contributed by atoms with E-state index in [1.54, 1.807) is 6.92 Å². The van der Waals surface area contributed by atoms with E-state index in [-0.39, 0.29) is 0 Å². The molecule has 0 aromatic rings. The smallest absolute Gasteiger partial charge is 0.129 e. The zero-order chi connectivity index (χ0) is 16.5. The maximum atomic E-state index is 10.8. The largest absolute Gasteiger partial charge is 0.400 e. The van der Waals surface area contributed by atoms with Gasteiger partial charge in [-0.15, -0.1) is 0 Å². The Morgan fingerprint density at radius 1 is 1.19 bits per heavy atom. The number of likely N-dealkylation sites (tertiary alicyclic amines) is 1. The first kappa shape index (κ1) is 22.8. The van der Waals surface area contributed by atoms with Crippen LogP contribution in [0.3, 0.4) is 0 Å². The van der Waals surface area contributed by atoms with E-state index in [1.807, 2.05) is 13.8 Å². The van der Waals surface area contributed by atoms with Gasteiger partial charge in [-0.1, -0.05) is 20.3 Å². The second-order valence-corrected chi connectivity index (χ2v) is 5.40. The van der Waals surface area contributed by atoms with Gasteiger partial charge in [-0.05, 0) is 64.6 Å². The Kier molecular flexibility index (Phi) is 19.1. The van der Waals surface area contributed by atoms with E-state index in [2.05, 4.69) is 4.90 Å². The van der Waals surface area contributed by atoms with Gasteiger partial charge in [0.15, 0.2) is 0 Å². The SMILES string of the molecule is CC.CC(=O)CCCCCN1CCC(CCCN)C1.CO. The minimum Gasteiger partial charge on any atom is -0.400 e. The predicted molar refractivity (Wildman–Crippen MR) is 91.5 cm³/mol. The summed E-state index contributed by atoms with van der Waals surface area (Å²) in [5.41, 5.74) is 5.54. The third-order valence-corrected chi connectivity index (χ3v) is 3.69. The number of rotatable bonds is 9. The Morgan fingerprint density at radius 3 is 2.43 bits per heavy atom. The molecule has 4 nitrogen and oxygen atoms in total. The molecule has 1 unspecified atom stereocenters. The number of ketones is 1. The van der Waals surface area contributed by atoms with Crippen molar-refractivity contribution < 1.29 is 9.90 Å². The molecule has 1 atom stereocenters. The van der Waals surface area contributed by atoms with Gasteiger partial charge < -0.3 is 20.5 Å². The minimum absolute atomic E-state index is 0.327. The zero-order valence-electron chi connectivity index (χ0n) is 14.7. The summed E-state index contributed by atoms with van der Waals surface area (Å²) in [5.74, 6) is 1.21. The fraction of sp³-hybridized carbons (Fsp3) is 0.941. The maximum Gasteiger partial charge on any atom is 0.129 e. The lowest BCUT2D eigenvalue weighted by atomic mass is 10.0. The molecule has 0 aliphatic carbocycles. The summed E-state index contributed by atoms with van der Waals surface area (Å²) in [6, 6.07) is 0. The molecule has 0 spiro atoms. The Balaban J connectivity index is 0. The van der Waals surface area contributed by atoms with Crippen LogP contribution in [0.4, 0.5) is 0 Å². The Bertz CT molecular complexity index is 223. The number of Topliss-reactive ketones (excluding diaryl/α,β-unsaturated/α-hetero) is 1. The van der Waals surface area contributed by atoms with Crippen molar-refractivity contribution in [3.63, 3.8) is 0 Å². The van der Waals surface area contributed by atoms with Crippen molar-refractivity contribution in [1.82, 2.24) is 4.90 Å². The van der Waals surface area contributed by atoms with Gasteiger partial charge in [-0.25, -0.2) is 0 Å². The van der Waals surface area contributed by atoms with Crippen LogP contribution in [0.5, 0.6) is 0 Å². The van der Waals surface area contributed by atoms with E-state index >= 15 is 0 Å². The van der Waals surface area contributed by atoms with Crippen molar-refractivity contribution in [3.8, 4) is 0 Å². The van der Waals surface area contributed by atoms with Gasteiger partial charge in [-0.3, -0.25) is 0 Å². The van der Waals surface area contributed by atoms with Crippen LogP contribution in [0, 0.1) is 5.92 Å². The number of aliphatic hydroxyl groups is 1. The molecule has 3 N–H and O–H groups in total. The first-order valence-corrected chi connectivity index (χ1v) is 8.59. The highest BCUT2D eigenvalue weighted by Crippen LogP contribution is 2.21. The van der Waals surface area contributed by atoms with Gasteiger partial charge in [0.1, 0.15) is 5.78 Å². The van der Waals surface area contributed by atoms with Crippen molar-refractivity contribution in [2.45, 2.75) is 65.7 Å². The van der Waals surface area contributed by atoms with Crippen molar-refractivity contribution in [2.75, 3.05) is 33.3 Å². The number of carbonyl (C=O) groups excluding carboxylic acids is 1. The maximum absolute atomic E-state index is 10.8. The molecule has 128 valence electrons. The quantitative estimate of drug-likeness (QED) is 0.643. The molecule has 1 saturated heterocycles. The summed E-state index contributed by atoms with van der Waals surface area (Å²) in [4.78, 5) is 13.4. The zero-order valence-corrected chi connectivity index (χ0v) is 14.7. The van der Waals surface area contributed by atoms with Crippen LogP contribution in [-0.2, 0) is 4.79 Å². The summed E-state index contributed by atoms with van der Waals surface area (Å²) in [6.07, 6.45) is 8.11. The number of hydrogen-bond donors (Lipinski definition) is 2. The molecule has 0 aromatic carbocycles. The molecule has 21 heavy (non-hydrogen) atoms. The molecule has 1 aliphatic rings. The van der Waals surface area contributed by atoms with E-state index in [4.69, 9.17) is 10.8 Å². The van der Waals surface area contributed by atoms with Crippen LogP contribution < -0.4 is 5.73 Å². The minimum atomic E-state index is 0.327. The number of nitrogens with zero attached hydrogens (tertiary/aromatic N) is 1. The second-order valence-electron chi connectivity index (χ2n) is 5.40. The van der Waals surface area contributed by atoms with Crippen LogP contribution in [0.25, 0.3) is 0 Å².